The molecule has 0 aliphatic carbocycles. The Bertz CT molecular complexity index is 552. The van der Waals surface area contributed by atoms with Gasteiger partial charge in [-0.3, -0.25) is 4.79 Å². The standard InChI is InChI=1S/C7H7N7O/c8-4-3-7(12-1-11-4)14-5(9)2(13-3)6(10)15/h1H,(H2,10,15)(H4,8,9,11,12,14). The van der Waals surface area contributed by atoms with E-state index < -0.39 is 5.91 Å². The Kier molecular flexibility index (Phi) is 1.82. The van der Waals surface area contributed by atoms with Crippen LogP contribution in [0.15, 0.2) is 6.33 Å². The molecule has 1 amide bonds. The summed E-state index contributed by atoms with van der Waals surface area (Å²) < 4.78 is 0. The molecule has 0 aromatic carbocycles. The fourth-order valence-electron chi connectivity index (χ4n) is 1.09. The lowest BCUT2D eigenvalue weighted by atomic mass is 10.3. The fourth-order valence-corrected chi connectivity index (χ4v) is 1.09. The second-order valence-electron chi connectivity index (χ2n) is 2.75. The molecule has 8 heteroatoms. The molecule has 0 aliphatic rings. The minimum absolute atomic E-state index is 0.0758. The highest BCUT2D eigenvalue weighted by atomic mass is 16.1. The van der Waals surface area contributed by atoms with Crippen LogP contribution < -0.4 is 17.2 Å². The third kappa shape index (κ3) is 1.37. The van der Waals surface area contributed by atoms with E-state index in [9.17, 15) is 4.79 Å². The summed E-state index contributed by atoms with van der Waals surface area (Å²) in [6.45, 7) is 0. The zero-order valence-electron chi connectivity index (χ0n) is 7.51. The monoisotopic (exact) mass is 205 g/mol. The lowest BCUT2D eigenvalue weighted by molar-refractivity contribution is 0.0996. The van der Waals surface area contributed by atoms with Crippen molar-refractivity contribution in [3.05, 3.63) is 12.0 Å². The van der Waals surface area contributed by atoms with Crippen LogP contribution >= 0.6 is 0 Å². The molecule has 6 N–H and O–H groups in total. The molecule has 0 unspecified atom stereocenters. The maximum absolute atomic E-state index is 10.9. The number of fused-ring (bicyclic) bond motifs is 1. The summed E-state index contributed by atoms with van der Waals surface area (Å²) >= 11 is 0. The smallest absolute Gasteiger partial charge is 0.271 e. The number of rotatable bonds is 1. The molecule has 15 heavy (non-hydrogen) atoms. The van der Waals surface area contributed by atoms with Crippen molar-refractivity contribution in [3.8, 4) is 0 Å². The highest BCUT2D eigenvalue weighted by Gasteiger charge is 2.13. The van der Waals surface area contributed by atoms with Crippen molar-refractivity contribution in [2.45, 2.75) is 0 Å². The molecule has 2 aromatic heterocycles. The van der Waals surface area contributed by atoms with E-state index >= 15 is 0 Å². The van der Waals surface area contributed by atoms with E-state index in [0.717, 1.165) is 0 Å². The van der Waals surface area contributed by atoms with E-state index in [4.69, 9.17) is 17.2 Å². The number of anilines is 2. The van der Waals surface area contributed by atoms with Gasteiger partial charge in [0.25, 0.3) is 5.91 Å². The largest absolute Gasteiger partial charge is 0.382 e. The lowest BCUT2D eigenvalue weighted by Gasteiger charge is -2.02. The molecule has 0 fully saturated rings. The number of carbonyl (C=O) groups excluding carboxylic acids is 1. The molecular formula is C7H7N7O. The van der Waals surface area contributed by atoms with Crippen LogP contribution in [0.1, 0.15) is 10.5 Å². The Balaban J connectivity index is 2.83. The first-order valence-electron chi connectivity index (χ1n) is 3.93. The summed E-state index contributed by atoms with van der Waals surface area (Å²) in [6, 6.07) is 0. The van der Waals surface area contributed by atoms with Gasteiger partial charge in [-0.25, -0.2) is 19.9 Å². The fraction of sp³-hybridized carbons (Fsp3) is 0. The summed E-state index contributed by atoms with van der Waals surface area (Å²) in [4.78, 5) is 26.2. The first kappa shape index (κ1) is 9.06. The van der Waals surface area contributed by atoms with E-state index in [1.807, 2.05) is 0 Å². The van der Waals surface area contributed by atoms with Crippen LogP contribution in [0, 0.1) is 0 Å². The van der Waals surface area contributed by atoms with Gasteiger partial charge >= 0.3 is 0 Å². The third-order valence-electron chi connectivity index (χ3n) is 1.76. The maximum atomic E-state index is 10.9. The van der Waals surface area contributed by atoms with E-state index in [0.29, 0.717) is 0 Å². The maximum Gasteiger partial charge on any atom is 0.271 e. The number of hydrogen-bond donors (Lipinski definition) is 3. The second-order valence-corrected chi connectivity index (χ2v) is 2.75. The molecule has 2 heterocycles. The van der Waals surface area contributed by atoms with E-state index in [1.54, 1.807) is 0 Å². The van der Waals surface area contributed by atoms with Gasteiger partial charge in [0, 0.05) is 0 Å². The summed E-state index contributed by atoms with van der Waals surface area (Å²) in [5.74, 6) is -0.728. The molecule has 0 spiro atoms. The first-order valence-corrected chi connectivity index (χ1v) is 3.93. The Labute approximate surface area is 83.5 Å². The Hall–Kier alpha value is -2.51. The van der Waals surface area contributed by atoms with Gasteiger partial charge < -0.3 is 17.2 Å². The van der Waals surface area contributed by atoms with Gasteiger partial charge in [0.15, 0.2) is 28.5 Å². The van der Waals surface area contributed by atoms with E-state index in [1.165, 1.54) is 6.33 Å². The van der Waals surface area contributed by atoms with Gasteiger partial charge in [-0.2, -0.15) is 0 Å². The van der Waals surface area contributed by atoms with Crippen LogP contribution in [0.4, 0.5) is 11.6 Å². The number of nitrogens with zero attached hydrogens (tertiary/aromatic N) is 4. The number of hydrogen-bond acceptors (Lipinski definition) is 7. The van der Waals surface area contributed by atoms with Crippen molar-refractivity contribution in [1.82, 2.24) is 19.9 Å². The normalized spacial score (nSPS) is 10.4. The van der Waals surface area contributed by atoms with Crippen LogP contribution in [-0.4, -0.2) is 25.8 Å². The van der Waals surface area contributed by atoms with Crippen LogP contribution in [0.25, 0.3) is 11.2 Å². The van der Waals surface area contributed by atoms with Crippen LogP contribution in [-0.2, 0) is 0 Å². The van der Waals surface area contributed by atoms with Gasteiger partial charge in [-0.1, -0.05) is 0 Å². The van der Waals surface area contributed by atoms with Crippen molar-refractivity contribution < 1.29 is 4.79 Å². The number of primary amides is 1. The average molecular weight is 205 g/mol. The minimum atomic E-state index is -0.773. The SMILES string of the molecule is NC(=O)c1nc2c(N)ncnc2nc1N. The molecular weight excluding hydrogens is 198 g/mol. The number of amides is 1. The van der Waals surface area contributed by atoms with Crippen molar-refractivity contribution in [1.29, 1.82) is 0 Å². The first-order chi connectivity index (χ1) is 7.09. The quantitative estimate of drug-likeness (QED) is 0.523. The van der Waals surface area contributed by atoms with Crippen LogP contribution in [0.3, 0.4) is 0 Å². The molecule has 0 aliphatic heterocycles. The predicted octanol–water partition coefficient (Wildman–Crippen LogP) is -1.32. The summed E-state index contributed by atoms with van der Waals surface area (Å²) in [7, 11) is 0. The van der Waals surface area contributed by atoms with Crippen molar-refractivity contribution in [3.63, 3.8) is 0 Å². The zero-order chi connectivity index (χ0) is 11.0. The molecule has 0 bridgehead atoms. The highest BCUT2D eigenvalue weighted by Crippen LogP contribution is 2.15. The third-order valence-corrected chi connectivity index (χ3v) is 1.76. The van der Waals surface area contributed by atoms with E-state index in [2.05, 4.69) is 19.9 Å². The predicted molar refractivity (Wildman–Crippen MR) is 52.5 cm³/mol. The Morgan fingerprint density at radius 2 is 1.87 bits per heavy atom. The topological polar surface area (TPSA) is 147 Å². The van der Waals surface area contributed by atoms with Gasteiger partial charge in [-0.15, -0.1) is 0 Å². The molecule has 0 saturated heterocycles. The zero-order valence-corrected chi connectivity index (χ0v) is 7.51. The van der Waals surface area contributed by atoms with Gasteiger partial charge in [0.05, 0.1) is 0 Å². The van der Waals surface area contributed by atoms with Crippen molar-refractivity contribution in [2.75, 3.05) is 11.5 Å². The molecule has 0 saturated carbocycles. The molecule has 0 atom stereocenters. The van der Waals surface area contributed by atoms with Crippen molar-refractivity contribution in [2.24, 2.45) is 5.73 Å². The number of nitrogen functional groups attached to an aromatic ring is 2. The number of aromatic nitrogens is 4. The summed E-state index contributed by atoms with van der Waals surface area (Å²) in [5, 5.41) is 0. The van der Waals surface area contributed by atoms with Crippen LogP contribution in [0.5, 0.6) is 0 Å². The summed E-state index contributed by atoms with van der Waals surface area (Å²) in [6.07, 6.45) is 1.23. The van der Waals surface area contributed by atoms with Crippen molar-refractivity contribution >= 4 is 28.7 Å². The Morgan fingerprint density at radius 1 is 1.13 bits per heavy atom. The average Bonchev–Trinajstić information content (AvgIpc) is 2.16. The Morgan fingerprint density at radius 3 is 2.53 bits per heavy atom. The minimum Gasteiger partial charge on any atom is -0.382 e. The summed E-state index contributed by atoms with van der Waals surface area (Å²) in [5.41, 5.74) is 16.3. The number of carbonyl (C=O) groups is 1. The van der Waals surface area contributed by atoms with Gasteiger partial charge in [0.1, 0.15) is 6.33 Å². The highest BCUT2D eigenvalue weighted by molar-refractivity contribution is 5.97. The van der Waals surface area contributed by atoms with E-state index in [-0.39, 0.29) is 28.5 Å². The number of nitrogens with two attached hydrogens (primary N) is 3. The second kappa shape index (κ2) is 3.01. The van der Waals surface area contributed by atoms with Gasteiger partial charge in [0.2, 0.25) is 0 Å². The van der Waals surface area contributed by atoms with Crippen LogP contribution in [0.2, 0.25) is 0 Å². The lowest BCUT2D eigenvalue weighted by Crippen LogP contribution is -2.17. The molecule has 8 nitrogen and oxygen atoms in total. The molecule has 2 aromatic rings. The van der Waals surface area contributed by atoms with Gasteiger partial charge in [-0.05, 0) is 0 Å². The molecule has 0 radical (unpaired) electrons. The molecule has 2 rings (SSSR count). The molecule has 76 valence electrons.